The Kier molecular flexibility index (Phi) is 1.12. The zero-order valence-electron chi connectivity index (χ0n) is 5.38. The van der Waals surface area contributed by atoms with Crippen molar-refractivity contribution in [3.05, 3.63) is 18.1 Å². The molecule has 1 fully saturated rings. The fourth-order valence-corrected chi connectivity index (χ4v) is 1.87. The lowest BCUT2D eigenvalue weighted by atomic mass is 9.95. The lowest BCUT2D eigenvalue weighted by molar-refractivity contribution is 0.237. The maximum absolute atomic E-state index is 8.83. The number of hydrogen-bond acceptors (Lipinski definition) is 1. The minimum atomic E-state index is 0.357. The molecule has 1 saturated carbocycles. The molecule has 2 aliphatic carbocycles. The summed E-state index contributed by atoms with van der Waals surface area (Å²) in [5, 5.41) is 8.83. The van der Waals surface area contributed by atoms with Gasteiger partial charge in [0.05, 0.1) is 0 Å². The summed E-state index contributed by atoms with van der Waals surface area (Å²) in [6, 6.07) is 0. The van der Waals surface area contributed by atoms with E-state index in [1.807, 2.05) is 0 Å². The molecular weight excluding hydrogens is 112 g/mol. The van der Waals surface area contributed by atoms with Crippen LogP contribution in [-0.4, -0.2) is 11.7 Å². The van der Waals surface area contributed by atoms with E-state index in [0.717, 1.165) is 5.92 Å². The summed E-state index contributed by atoms with van der Waals surface area (Å²) in [5.41, 5.74) is 0. The molecule has 2 bridgehead atoms. The lowest BCUT2D eigenvalue weighted by Crippen LogP contribution is -2.09. The first-order valence-electron chi connectivity index (χ1n) is 3.55. The van der Waals surface area contributed by atoms with Crippen molar-refractivity contribution < 1.29 is 5.11 Å². The van der Waals surface area contributed by atoms with E-state index in [1.54, 1.807) is 0 Å². The largest absolute Gasteiger partial charge is 0.396 e. The molecule has 0 heterocycles. The lowest BCUT2D eigenvalue weighted by Gasteiger charge is -2.12. The van der Waals surface area contributed by atoms with Gasteiger partial charge in [-0.3, -0.25) is 0 Å². The average Bonchev–Trinajstić information content (AvgIpc) is 2.45. The van der Waals surface area contributed by atoms with Crippen LogP contribution in [0.15, 0.2) is 12.2 Å². The monoisotopic (exact) mass is 123 g/mol. The summed E-state index contributed by atoms with van der Waals surface area (Å²) in [7, 11) is 0. The van der Waals surface area contributed by atoms with Gasteiger partial charge in [-0.15, -0.1) is 0 Å². The van der Waals surface area contributed by atoms with Crippen LogP contribution in [0.4, 0.5) is 0 Å². The summed E-state index contributed by atoms with van der Waals surface area (Å²) in [5.74, 6) is 2.76. The Bertz CT molecular complexity index is 140. The van der Waals surface area contributed by atoms with Gasteiger partial charge >= 0.3 is 0 Å². The molecule has 1 radical (unpaired) electrons. The number of allylic oxidation sites excluding steroid dienone is 2. The quantitative estimate of drug-likeness (QED) is 0.554. The fraction of sp³-hybridized carbons (Fsp3) is 0.625. The molecule has 2 atom stereocenters. The smallest absolute Gasteiger partial charge is 0.0468 e. The Labute approximate surface area is 55.4 Å². The van der Waals surface area contributed by atoms with Crippen molar-refractivity contribution in [1.29, 1.82) is 0 Å². The van der Waals surface area contributed by atoms with Crippen LogP contribution in [0.2, 0.25) is 0 Å². The summed E-state index contributed by atoms with van der Waals surface area (Å²) >= 11 is 0. The van der Waals surface area contributed by atoms with E-state index in [1.165, 1.54) is 18.8 Å². The van der Waals surface area contributed by atoms with Gasteiger partial charge in [0, 0.05) is 12.5 Å². The maximum Gasteiger partial charge on any atom is 0.0468 e. The topological polar surface area (TPSA) is 20.2 Å². The van der Waals surface area contributed by atoms with Crippen LogP contribution in [0.25, 0.3) is 0 Å². The highest BCUT2D eigenvalue weighted by Gasteiger charge is 2.35. The van der Waals surface area contributed by atoms with Gasteiger partial charge < -0.3 is 5.11 Å². The van der Waals surface area contributed by atoms with Crippen LogP contribution in [0, 0.1) is 17.8 Å². The van der Waals surface area contributed by atoms with Crippen LogP contribution >= 0.6 is 0 Å². The molecule has 49 valence electrons. The molecule has 0 aromatic rings. The summed E-state index contributed by atoms with van der Waals surface area (Å²) in [6.07, 6.45) is 6.88. The Hall–Kier alpha value is -0.300. The third-order valence-corrected chi connectivity index (χ3v) is 2.41. The predicted molar refractivity (Wildman–Crippen MR) is 35.7 cm³/mol. The van der Waals surface area contributed by atoms with Gasteiger partial charge in [-0.05, 0) is 24.7 Å². The minimum absolute atomic E-state index is 0.357. The standard InChI is InChI=1S/C8H11O/c9-5-8-4-6-1-2-7(8)3-6/h1-2,6,8-9H,3-5H2. The molecule has 0 spiro atoms. The Balaban J connectivity index is 2.10. The third kappa shape index (κ3) is 0.715. The van der Waals surface area contributed by atoms with E-state index < -0.39 is 0 Å². The highest BCUT2D eigenvalue weighted by atomic mass is 16.3. The Morgan fingerprint density at radius 3 is 2.89 bits per heavy atom. The second kappa shape index (κ2) is 1.84. The summed E-state index contributed by atoms with van der Waals surface area (Å²) in [4.78, 5) is 0. The third-order valence-electron chi connectivity index (χ3n) is 2.41. The molecule has 2 rings (SSSR count). The van der Waals surface area contributed by atoms with Crippen molar-refractivity contribution in [3.8, 4) is 0 Å². The molecule has 0 amide bonds. The second-order valence-electron chi connectivity index (χ2n) is 3.01. The first-order chi connectivity index (χ1) is 4.40. The number of hydrogen-bond donors (Lipinski definition) is 1. The van der Waals surface area contributed by atoms with E-state index in [-0.39, 0.29) is 0 Å². The summed E-state index contributed by atoms with van der Waals surface area (Å²) in [6.45, 7) is 0.357. The first-order valence-corrected chi connectivity index (χ1v) is 3.55. The maximum atomic E-state index is 8.83. The van der Waals surface area contributed by atoms with Crippen LogP contribution in [0.5, 0.6) is 0 Å². The van der Waals surface area contributed by atoms with Gasteiger partial charge in [0.15, 0.2) is 0 Å². The predicted octanol–water partition coefficient (Wildman–Crippen LogP) is 1.15. The molecule has 0 saturated heterocycles. The molecule has 2 unspecified atom stereocenters. The molecule has 1 N–H and O–H groups in total. The first kappa shape index (κ1) is 5.48. The normalized spacial score (nSPS) is 40.6. The zero-order valence-corrected chi connectivity index (χ0v) is 5.38. The average molecular weight is 123 g/mol. The molecule has 1 nitrogen and oxygen atoms in total. The van der Waals surface area contributed by atoms with Gasteiger partial charge in [-0.2, -0.15) is 0 Å². The van der Waals surface area contributed by atoms with Crippen LogP contribution in [0.1, 0.15) is 12.8 Å². The number of aliphatic hydroxyl groups is 1. The molecule has 0 aliphatic heterocycles. The van der Waals surface area contributed by atoms with E-state index in [9.17, 15) is 0 Å². The highest BCUT2D eigenvalue weighted by molar-refractivity contribution is 5.27. The SMILES string of the molecule is OCC1CC2C=C[C]1C2. The van der Waals surface area contributed by atoms with Crippen LogP contribution in [0.3, 0.4) is 0 Å². The van der Waals surface area contributed by atoms with Crippen molar-refractivity contribution in [2.45, 2.75) is 12.8 Å². The van der Waals surface area contributed by atoms with Gasteiger partial charge in [0.2, 0.25) is 0 Å². The number of aliphatic hydroxyl groups excluding tert-OH is 1. The van der Waals surface area contributed by atoms with Crippen molar-refractivity contribution in [1.82, 2.24) is 0 Å². The van der Waals surface area contributed by atoms with Crippen molar-refractivity contribution in [2.24, 2.45) is 11.8 Å². The van der Waals surface area contributed by atoms with Crippen LogP contribution < -0.4 is 0 Å². The van der Waals surface area contributed by atoms with Gasteiger partial charge in [0.1, 0.15) is 0 Å². The Morgan fingerprint density at radius 1 is 1.67 bits per heavy atom. The molecule has 0 aromatic carbocycles. The second-order valence-corrected chi connectivity index (χ2v) is 3.01. The van der Waals surface area contributed by atoms with Crippen LogP contribution in [-0.2, 0) is 0 Å². The van der Waals surface area contributed by atoms with Crippen molar-refractivity contribution in [3.63, 3.8) is 0 Å². The molecular formula is C8H11O. The van der Waals surface area contributed by atoms with Gasteiger partial charge in [-0.1, -0.05) is 12.2 Å². The van der Waals surface area contributed by atoms with Gasteiger partial charge in [-0.25, -0.2) is 0 Å². The number of rotatable bonds is 1. The van der Waals surface area contributed by atoms with Gasteiger partial charge in [0.25, 0.3) is 0 Å². The Morgan fingerprint density at radius 2 is 2.56 bits per heavy atom. The summed E-state index contributed by atoms with van der Waals surface area (Å²) < 4.78 is 0. The van der Waals surface area contributed by atoms with E-state index in [4.69, 9.17) is 5.11 Å². The zero-order chi connectivity index (χ0) is 6.27. The molecule has 2 aliphatic rings. The highest BCUT2D eigenvalue weighted by Crippen LogP contribution is 2.44. The van der Waals surface area contributed by atoms with E-state index in [2.05, 4.69) is 12.2 Å². The van der Waals surface area contributed by atoms with E-state index >= 15 is 0 Å². The van der Waals surface area contributed by atoms with E-state index in [0.29, 0.717) is 12.5 Å². The molecule has 9 heavy (non-hydrogen) atoms. The van der Waals surface area contributed by atoms with Crippen molar-refractivity contribution in [2.75, 3.05) is 6.61 Å². The number of fused-ring (bicyclic) bond motifs is 2. The minimum Gasteiger partial charge on any atom is -0.396 e. The fourth-order valence-electron chi connectivity index (χ4n) is 1.87. The molecule has 0 aromatic heterocycles. The molecule has 1 heteroatoms. The van der Waals surface area contributed by atoms with Crippen molar-refractivity contribution >= 4 is 0 Å².